The van der Waals surface area contributed by atoms with Crippen molar-refractivity contribution in [3.05, 3.63) is 62.5 Å². The lowest BCUT2D eigenvalue weighted by molar-refractivity contribution is -0.158. The Morgan fingerprint density at radius 3 is 2.67 bits per heavy atom. The number of carboxylic acids is 1. The van der Waals surface area contributed by atoms with E-state index in [0.717, 1.165) is 18.1 Å². The van der Waals surface area contributed by atoms with Crippen LogP contribution in [0.3, 0.4) is 0 Å². The lowest BCUT2D eigenvalue weighted by atomic mass is 9.92. The number of rotatable bonds is 7. The Hall–Kier alpha value is -3.49. The number of likely N-dealkylation sites (tertiary alicyclic amines) is 2. The van der Waals surface area contributed by atoms with Gasteiger partial charge in [-0.2, -0.15) is 0 Å². The fraction of sp³-hybridized carbons (Fsp3) is 0.444. The van der Waals surface area contributed by atoms with Gasteiger partial charge in [0, 0.05) is 48.5 Å². The molecule has 0 saturated carbocycles. The summed E-state index contributed by atoms with van der Waals surface area (Å²) < 4.78 is 50.2. The van der Waals surface area contributed by atoms with E-state index >= 15 is 8.78 Å². The fourth-order valence-electron chi connectivity index (χ4n) is 5.58. The van der Waals surface area contributed by atoms with Gasteiger partial charge >= 0.3 is 11.9 Å². The van der Waals surface area contributed by atoms with Gasteiger partial charge in [-0.15, -0.1) is 11.3 Å². The third kappa shape index (κ3) is 5.15. The van der Waals surface area contributed by atoms with Gasteiger partial charge in [-0.3, -0.25) is 19.5 Å². The highest BCUT2D eigenvalue weighted by Crippen LogP contribution is 2.44. The second-order valence-corrected chi connectivity index (χ2v) is 12.1. The maximum absolute atomic E-state index is 15.3. The van der Waals surface area contributed by atoms with Crippen LogP contribution in [0.25, 0.3) is 0 Å². The minimum atomic E-state index is -3.20. The van der Waals surface area contributed by atoms with Crippen molar-refractivity contribution in [3.8, 4) is 0 Å². The van der Waals surface area contributed by atoms with Gasteiger partial charge in [-0.05, 0) is 19.9 Å². The number of halogens is 4. The zero-order valence-electron chi connectivity index (χ0n) is 22.7. The Balaban J connectivity index is 1.54. The van der Waals surface area contributed by atoms with Crippen molar-refractivity contribution in [2.24, 2.45) is 16.3 Å². The number of methoxy groups -OCH3 is 1. The van der Waals surface area contributed by atoms with Crippen molar-refractivity contribution >= 4 is 46.6 Å². The third-order valence-corrected chi connectivity index (χ3v) is 9.05. The van der Waals surface area contributed by atoms with Crippen LogP contribution in [0, 0.1) is 17.2 Å². The molecule has 2 fully saturated rings. The molecule has 3 aliphatic rings. The molecule has 1 amide bonds. The van der Waals surface area contributed by atoms with Crippen LogP contribution in [0.15, 0.2) is 46.0 Å². The second kappa shape index (κ2) is 11.0. The van der Waals surface area contributed by atoms with E-state index in [0.29, 0.717) is 5.01 Å². The Labute approximate surface area is 247 Å². The molecule has 10 nitrogen and oxygen atoms in total. The molecule has 3 atom stereocenters. The van der Waals surface area contributed by atoms with Crippen molar-refractivity contribution in [1.29, 1.82) is 0 Å². The van der Waals surface area contributed by atoms with Crippen LogP contribution in [0.1, 0.15) is 30.5 Å². The van der Waals surface area contributed by atoms with Gasteiger partial charge < -0.3 is 20.1 Å². The number of aliphatic imine (C=N–C) groups is 1. The molecule has 1 aromatic heterocycles. The molecule has 3 unspecified atom stereocenters. The number of amides is 1. The first-order chi connectivity index (χ1) is 19.8. The summed E-state index contributed by atoms with van der Waals surface area (Å²) in [6.07, 6.45) is 1.54. The van der Waals surface area contributed by atoms with Crippen molar-refractivity contribution < 1.29 is 37.4 Å². The van der Waals surface area contributed by atoms with Gasteiger partial charge in [-0.1, -0.05) is 23.7 Å². The summed E-state index contributed by atoms with van der Waals surface area (Å²) in [6, 6.07) is 2.11. The fourth-order valence-corrected chi connectivity index (χ4v) is 6.40. The summed E-state index contributed by atoms with van der Waals surface area (Å²) in [7, 11) is 1.15. The highest BCUT2D eigenvalue weighted by Gasteiger charge is 2.60. The van der Waals surface area contributed by atoms with Crippen LogP contribution in [0.5, 0.6) is 0 Å². The summed E-state index contributed by atoms with van der Waals surface area (Å²) in [5, 5.41) is 14.4. The van der Waals surface area contributed by atoms with E-state index in [2.05, 4.69) is 15.3 Å². The summed E-state index contributed by atoms with van der Waals surface area (Å²) in [5.41, 5.74) is -1.49. The van der Waals surface area contributed by atoms with Crippen molar-refractivity contribution in [1.82, 2.24) is 20.1 Å². The quantitative estimate of drug-likeness (QED) is 0.355. The number of carbonyl (C=O) groups is 3. The van der Waals surface area contributed by atoms with Gasteiger partial charge in [-0.25, -0.2) is 22.9 Å². The molecular formula is C27H27ClF3N5O5S. The van der Waals surface area contributed by atoms with Crippen LogP contribution in [0.4, 0.5) is 13.2 Å². The van der Waals surface area contributed by atoms with Gasteiger partial charge in [0.15, 0.2) is 10.8 Å². The number of amidine groups is 1. The van der Waals surface area contributed by atoms with Crippen LogP contribution in [-0.2, 0) is 19.1 Å². The molecule has 3 aliphatic heterocycles. The average Bonchev–Trinajstić information content (AvgIpc) is 3.68. The zero-order chi connectivity index (χ0) is 30.6. The maximum Gasteiger partial charge on any atom is 0.338 e. The maximum atomic E-state index is 15.3. The number of alkyl halides is 2. The number of carbonyl (C=O) groups excluding carboxylic acids is 2. The molecule has 0 radical (unpaired) electrons. The highest BCUT2D eigenvalue weighted by atomic mass is 35.5. The van der Waals surface area contributed by atoms with Crippen LogP contribution >= 0.6 is 22.9 Å². The Kier molecular flexibility index (Phi) is 7.83. The number of fused-ring (bicyclic) bond motifs is 1. The molecule has 15 heteroatoms. The lowest BCUT2D eigenvalue weighted by Gasteiger charge is -2.32. The van der Waals surface area contributed by atoms with Gasteiger partial charge in [0.05, 0.1) is 30.2 Å². The number of aliphatic carboxylic acids is 1. The smallest absolute Gasteiger partial charge is 0.338 e. The molecule has 0 bridgehead atoms. The molecule has 4 heterocycles. The number of carboxylic acid groups (broad SMARTS) is 1. The first-order valence-electron chi connectivity index (χ1n) is 12.9. The number of esters is 1. The zero-order valence-corrected chi connectivity index (χ0v) is 24.3. The summed E-state index contributed by atoms with van der Waals surface area (Å²) in [6.45, 7) is 1.16. The van der Waals surface area contributed by atoms with E-state index < -0.39 is 59.5 Å². The van der Waals surface area contributed by atoms with E-state index in [-0.39, 0.29) is 47.3 Å². The number of benzene rings is 1. The summed E-state index contributed by atoms with van der Waals surface area (Å²) in [4.78, 5) is 49.3. The topological polar surface area (TPSA) is 124 Å². The normalized spacial score (nSPS) is 23.8. The number of nitrogens with zero attached hydrogens (tertiary/aromatic N) is 4. The summed E-state index contributed by atoms with van der Waals surface area (Å²) >= 11 is 7.55. The molecular weight excluding hydrogens is 599 g/mol. The first kappa shape index (κ1) is 30.0. The van der Waals surface area contributed by atoms with Crippen LogP contribution in [0.2, 0.25) is 5.02 Å². The van der Waals surface area contributed by atoms with Gasteiger partial charge in [0.1, 0.15) is 17.3 Å². The monoisotopic (exact) mass is 625 g/mol. The van der Waals surface area contributed by atoms with Crippen LogP contribution in [-0.4, -0.2) is 88.8 Å². The number of thiazole rings is 1. The van der Waals surface area contributed by atoms with E-state index in [1.165, 1.54) is 42.2 Å². The largest absolute Gasteiger partial charge is 0.480 e. The third-order valence-electron chi connectivity index (χ3n) is 7.87. The number of hydrogen-bond acceptors (Lipinski definition) is 9. The Morgan fingerprint density at radius 2 is 2.02 bits per heavy atom. The Morgan fingerprint density at radius 1 is 1.29 bits per heavy atom. The number of aromatic nitrogens is 1. The van der Waals surface area contributed by atoms with Crippen molar-refractivity contribution in [2.45, 2.75) is 31.9 Å². The molecule has 0 aliphatic carbocycles. The lowest BCUT2D eigenvalue weighted by Crippen LogP contribution is -2.47. The van der Waals surface area contributed by atoms with E-state index in [4.69, 9.17) is 16.3 Å². The predicted molar refractivity (Wildman–Crippen MR) is 147 cm³/mol. The molecule has 2 saturated heterocycles. The second-order valence-electron chi connectivity index (χ2n) is 10.8. The Bertz CT molecular complexity index is 1500. The molecule has 2 N–H and O–H groups in total. The van der Waals surface area contributed by atoms with Crippen LogP contribution < -0.4 is 5.32 Å². The van der Waals surface area contributed by atoms with Crippen molar-refractivity contribution in [2.75, 3.05) is 33.3 Å². The number of hydrogen-bond donors (Lipinski definition) is 2. The van der Waals surface area contributed by atoms with Crippen molar-refractivity contribution in [3.63, 3.8) is 0 Å². The average molecular weight is 626 g/mol. The molecule has 5 rings (SSSR count). The molecule has 1 aromatic carbocycles. The molecule has 224 valence electrons. The van der Waals surface area contributed by atoms with E-state index in [1.54, 1.807) is 11.6 Å². The number of ether oxygens (including phenoxy) is 1. The van der Waals surface area contributed by atoms with E-state index in [1.807, 2.05) is 0 Å². The van der Waals surface area contributed by atoms with Gasteiger partial charge in [0.25, 0.3) is 5.92 Å². The molecule has 42 heavy (non-hydrogen) atoms. The standard InChI is InChI=1S/C27H27ClF3N5O5S/c1-26(2,25(39)40)24(38)35-9-14-17(11-35)36(12-27(14,30)31)10-16-18(23(37)41-3)20(13-5-4-6-15(29)19(13)28)34-21(33-16)22-32-7-8-42-22/h4-8,14,17,20H,9-12H2,1-3H3,(H,33,34)(H,39,40). The molecule has 0 spiro atoms. The first-order valence-corrected chi connectivity index (χ1v) is 14.2. The SMILES string of the molecule is COC(=O)C1=C(CN2CC(F)(F)C3CN(C(=O)C(C)(C)C(=O)O)CC32)NC(c2nccs2)=NC1c1cccc(F)c1Cl. The minimum absolute atomic E-state index is 0.0463. The number of nitrogens with one attached hydrogen (secondary N) is 1. The predicted octanol–water partition coefficient (Wildman–Crippen LogP) is 3.34. The molecule has 2 aromatic rings. The van der Waals surface area contributed by atoms with E-state index in [9.17, 15) is 23.9 Å². The highest BCUT2D eigenvalue weighted by molar-refractivity contribution is 7.11. The van der Waals surface area contributed by atoms with Gasteiger partial charge in [0.2, 0.25) is 5.91 Å². The minimum Gasteiger partial charge on any atom is -0.480 e. The summed E-state index contributed by atoms with van der Waals surface area (Å²) in [5.74, 6) is -7.90.